The Morgan fingerprint density at radius 1 is 1.74 bits per heavy atom. The Hall–Kier alpha value is -2.62. The number of hydrogen-bond donors (Lipinski definition) is 1. The number of carbonyl (C=O) groups excluding carboxylic acids is 1. The largest absolute Gasteiger partial charge is 0.354 e. The fourth-order valence-corrected chi connectivity index (χ4v) is 2.44. The lowest BCUT2D eigenvalue weighted by atomic mass is 9.92. The number of hydrogen-bond acceptors (Lipinski definition) is 4. The zero-order chi connectivity index (χ0) is 23.4. The van der Waals surface area contributed by atoms with Crippen LogP contribution in [0.1, 0.15) is 24.2 Å². The number of amides is 1. The lowest BCUT2D eigenvalue weighted by Gasteiger charge is -2.41. The summed E-state index contributed by atoms with van der Waals surface area (Å²) in [4.78, 5) is 27.8. The second-order valence-electron chi connectivity index (χ2n) is 5.09. The van der Waals surface area contributed by atoms with E-state index < -0.39 is 50.7 Å². The molecular weight excluding hydrogens is 292 g/mol. The van der Waals surface area contributed by atoms with Crippen molar-refractivity contribution in [3.8, 4) is 0 Å². The van der Waals surface area contributed by atoms with Gasteiger partial charge in [-0.05, 0) is 18.4 Å². The fourth-order valence-electron chi connectivity index (χ4n) is 2.44. The first kappa shape index (κ1) is 8.29. The maximum Gasteiger partial charge on any atom is 0.302 e. The summed E-state index contributed by atoms with van der Waals surface area (Å²) < 4.78 is 65.4. The number of aromatic nitrogens is 3. The summed E-state index contributed by atoms with van der Waals surface area (Å²) in [5.74, 6) is -2.53. The van der Waals surface area contributed by atoms with Gasteiger partial charge in [0.2, 0.25) is 0 Å². The van der Waals surface area contributed by atoms with Gasteiger partial charge in [-0.3, -0.25) is 4.79 Å². The van der Waals surface area contributed by atoms with Crippen LogP contribution in [0.5, 0.6) is 0 Å². The predicted molar refractivity (Wildman–Crippen MR) is 87.9 cm³/mol. The fraction of sp³-hybridized carbons (Fsp3) is 0.500. The number of fused-ring (bicyclic) bond motifs is 1. The van der Waals surface area contributed by atoms with E-state index in [2.05, 4.69) is 19.8 Å². The molecule has 3 rings (SSSR count). The van der Waals surface area contributed by atoms with Gasteiger partial charge < -0.3 is 19.6 Å². The molecule has 1 fully saturated rings. The standard InChI is InChI=1S/C16H20N6O/c1-11-5-7-22(14(23)8-17-2)9-13(11)21(3)16-12-4-6-18-15(12)19-10-20-16/h4,6,10-11,13H,5,7-9H2,1,3H3,(H,18,19,20)/t11-,13+/m1/s1/i1D3,7D2,9D2,10D. The first-order chi connectivity index (χ1) is 14.2. The van der Waals surface area contributed by atoms with Crippen molar-refractivity contribution in [2.75, 3.05) is 31.5 Å². The quantitative estimate of drug-likeness (QED) is 0.871. The number of piperidine rings is 1. The van der Waals surface area contributed by atoms with Gasteiger partial charge in [-0.15, -0.1) is 0 Å². The second kappa shape index (κ2) is 6.24. The van der Waals surface area contributed by atoms with Gasteiger partial charge in [-0.1, -0.05) is 6.85 Å². The Bertz CT molecular complexity index is 1040. The smallest absolute Gasteiger partial charge is 0.302 e. The maximum absolute atomic E-state index is 12.5. The highest BCUT2D eigenvalue weighted by molar-refractivity contribution is 5.87. The lowest BCUT2D eigenvalue weighted by molar-refractivity contribution is -0.130. The zero-order valence-corrected chi connectivity index (χ0v) is 12.4. The summed E-state index contributed by atoms with van der Waals surface area (Å²) in [5.41, 5.74) is 0.292. The maximum atomic E-state index is 12.5. The normalized spacial score (nSPS) is 31.2. The van der Waals surface area contributed by atoms with Crippen molar-refractivity contribution in [2.24, 2.45) is 5.92 Å². The van der Waals surface area contributed by atoms with Crippen molar-refractivity contribution in [3.05, 3.63) is 30.0 Å². The molecule has 7 heteroatoms. The zero-order valence-electron chi connectivity index (χ0n) is 20.4. The van der Waals surface area contributed by atoms with Crippen LogP contribution < -0.4 is 4.90 Å². The number of likely N-dealkylation sites (tertiary alicyclic amines) is 1. The molecular formula is C16H20N6O. The molecule has 0 saturated carbocycles. The summed E-state index contributed by atoms with van der Waals surface area (Å²) in [6, 6.07) is 0.0377. The van der Waals surface area contributed by atoms with E-state index in [0.29, 0.717) is 15.9 Å². The van der Waals surface area contributed by atoms with E-state index in [1.807, 2.05) is 0 Å². The van der Waals surface area contributed by atoms with E-state index in [0.717, 1.165) is 0 Å². The number of H-pyrrole nitrogens is 1. The van der Waals surface area contributed by atoms with Crippen LogP contribution in [0, 0.1) is 12.5 Å². The van der Waals surface area contributed by atoms with Crippen molar-refractivity contribution in [3.63, 3.8) is 0 Å². The van der Waals surface area contributed by atoms with Crippen LogP contribution in [-0.4, -0.2) is 58.4 Å². The number of aromatic amines is 1. The number of carbonyl (C=O) groups is 1. The summed E-state index contributed by atoms with van der Waals surface area (Å²) >= 11 is 0. The molecule has 0 aliphatic carbocycles. The third-order valence-corrected chi connectivity index (χ3v) is 3.61. The molecule has 120 valence electrons. The van der Waals surface area contributed by atoms with E-state index >= 15 is 0 Å². The van der Waals surface area contributed by atoms with Gasteiger partial charge in [0.05, 0.1) is 14.2 Å². The first-order valence-corrected chi connectivity index (χ1v) is 6.92. The van der Waals surface area contributed by atoms with Crippen molar-refractivity contribution in [1.82, 2.24) is 19.9 Å². The average Bonchev–Trinajstić information content (AvgIpc) is 3.06. The molecule has 2 aromatic heterocycles. The number of anilines is 1. The van der Waals surface area contributed by atoms with Gasteiger partial charge in [0.15, 0.2) is 0 Å². The molecule has 23 heavy (non-hydrogen) atoms. The number of nitrogens with zero attached hydrogens (tertiary/aromatic N) is 5. The van der Waals surface area contributed by atoms with Gasteiger partial charge >= 0.3 is 5.91 Å². The minimum atomic E-state index is -2.81. The number of likely N-dealkylation sites (N-methyl/N-ethyl adjacent to an activating group) is 1. The van der Waals surface area contributed by atoms with Crippen LogP contribution in [0.15, 0.2) is 18.6 Å². The summed E-state index contributed by atoms with van der Waals surface area (Å²) in [6.45, 7) is -2.07. The minimum absolute atomic E-state index is 0.0689. The van der Waals surface area contributed by atoms with Crippen LogP contribution in [0.4, 0.5) is 5.82 Å². The molecule has 2 atom stereocenters. The van der Waals surface area contributed by atoms with E-state index in [9.17, 15) is 4.79 Å². The topological polar surface area (TPSA) is 69.5 Å². The monoisotopic (exact) mass is 320 g/mol. The SMILES string of the molecule is [2H]c1nc(N(C)[C@@H]2[C@H](C([2H])([2H])[2H])CC([2H])([2H])N(C(=O)C[N+]#[C-])C2([2H])[2H])c2cc[nH]c2n1. The van der Waals surface area contributed by atoms with Crippen molar-refractivity contribution in [1.29, 1.82) is 0 Å². The van der Waals surface area contributed by atoms with Gasteiger partial charge in [-0.2, -0.15) is 0 Å². The molecule has 1 aliphatic rings. The Morgan fingerprint density at radius 2 is 2.61 bits per heavy atom. The lowest BCUT2D eigenvalue weighted by Crippen LogP contribution is -2.53. The Balaban J connectivity index is 2.21. The molecule has 3 heterocycles. The molecule has 2 aromatic rings. The predicted octanol–water partition coefficient (Wildman–Crippen LogP) is 1.55. The van der Waals surface area contributed by atoms with Crippen molar-refractivity contribution >= 4 is 22.8 Å². The summed E-state index contributed by atoms with van der Waals surface area (Å²) in [6.07, 6.45) is 0.489. The highest BCUT2D eigenvalue weighted by Gasteiger charge is 2.33. The summed E-state index contributed by atoms with van der Waals surface area (Å²) in [7, 11) is 1.38. The highest BCUT2D eigenvalue weighted by atomic mass is 16.2. The Morgan fingerprint density at radius 3 is 3.39 bits per heavy atom. The average molecular weight is 320 g/mol. The molecule has 0 aromatic carbocycles. The van der Waals surface area contributed by atoms with E-state index in [-0.39, 0.29) is 12.1 Å². The molecule has 1 N–H and O–H groups in total. The van der Waals surface area contributed by atoms with Gasteiger partial charge in [0.25, 0.3) is 6.54 Å². The van der Waals surface area contributed by atoms with Crippen LogP contribution in [0.25, 0.3) is 15.9 Å². The number of rotatable bonds is 3. The summed E-state index contributed by atoms with van der Waals surface area (Å²) in [5, 5.41) is 0.409. The van der Waals surface area contributed by atoms with Gasteiger partial charge in [0, 0.05) is 33.1 Å². The van der Waals surface area contributed by atoms with Crippen LogP contribution in [0.3, 0.4) is 0 Å². The van der Waals surface area contributed by atoms with Gasteiger partial charge in [-0.25, -0.2) is 16.5 Å². The van der Waals surface area contributed by atoms with Crippen LogP contribution in [0.2, 0.25) is 0 Å². The molecule has 0 radical (unpaired) electrons. The second-order valence-corrected chi connectivity index (χ2v) is 5.09. The third kappa shape index (κ3) is 2.84. The minimum Gasteiger partial charge on any atom is -0.354 e. The molecule has 0 bridgehead atoms. The van der Waals surface area contributed by atoms with Crippen molar-refractivity contribution < 1.29 is 15.8 Å². The molecule has 1 amide bonds. The van der Waals surface area contributed by atoms with E-state index in [1.54, 1.807) is 6.07 Å². The van der Waals surface area contributed by atoms with Gasteiger partial charge in [0.1, 0.15) is 19.1 Å². The van der Waals surface area contributed by atoms with Crippen LogP contribution >= 0.6 is 0 Å². The molecule has 0 unspecified atom stereocenters. The van der Waals surface area contributed by atoms with E-state index in [1.165, 1.54) is 18.1 Å². The van der Waals surface area contributed by atoms with Crippen LogP contribution in [-0.2, 0) is 4.79 Å². The van der Waals surface area contributed by atoms with Crippen molar-refractivity contribution in [2.45, 2.75) is 19.3 Å². The molecule has 1 aliphatic heterocycles. The highest BCUT2D eigenvalue weighted by Crippen LogP contribution is 2.28. The number of nitrogens with one attached hydrogen (secondary N) is 1. The molecule has 7 nitrogen and oxygen atoms in total. The molecule has 0 spiro atoms. The Kier molecular flexibility index (Phi) is 2.25. The third-order valence-electron chi connectivity index (χ3n) is 3.61. The molecule has 1 saturated heterocycles. The van der Waals surface area contributed by atoms with E-state index in [4.69, 9.17) is 17.5 Å². The first-order valence-electron chi connectivity index (χ1n) is 10.9. The Labute approximate surface area is 146 Å².